The molecule has 0 unspecified atom stereocenters. The van der Waals surface area contributed by atoms with Crippen LogP contribution in [0.5, 0.6) is 11.5 Å². The van der Waals surface area contributed by atoms with Crippen LogP contribution in [-0.4, -0.2) is 45.1 Å². The molecule has 202 valence electrons. The maximum absolute atomic E-state index is 13.5. The number of halogens is 1. The first kappa shape index (κ1) is 26.4. The van der Waals surface area contributed by atoms with Crippen LogP contribution in [0.1, 0.15) is 12.5 Å². The third-order valence-electron chi connectivity index (χ3n) is 5.92. The molecule has 0 fully saturated rings. The van der Waals surface area contributed by atoms with Crippen molar-refractivity contribution in [2.75, 3.05) is 7.11 Å². The van der Waals surface area contributed by atoms with Crippen molar-refractivity contribution in [1.82, 2.24) is 9.66 Å². The Labute approximate surface area is 229 Å². The van der Waals surface area contributed by atoms with Crippen LogP contribution < -0.4 is 15.0 Å². The second-order valence-corrected chi connectivity index (χ2v) is 8.91. The van der Waals surface area contributed by atoms with Crippen LogP contribution in [0.3, 0.4) is 0 Å². The predicted molar refractivity (Wildman–Crippen MR) is 147 cm³/mol. The number of para-hydroxylation sites is 1. The predicted octanol–water partition coefficient (Wildman–Crippen LogP) is 5.11. The summed E-state index contributed by atoms with van der Waals surface area (Å²) in [7, 11) is 1.53. The highest BCUT2D eigenvalue weighted by Gasteiger charge is 2.25. The molecule has 2 aromatic heterocycles. The van der Waals surface area contributed by atoms with Gasteiger partial charge in [0.2, 0.25) is 11.6 Å². The van der Waals surface area contributed by atoms with Gasteiger partial charge in [-0.25, -0.2) is 9.78 Å². The van der Waals surface area contributed by atoms with E-state index in [0.717, 1.165) is 10.7 Å². The number of hydrogen-bond acceptors (Lipinski definition) is 9. The summed E-state index contributed by atoms with van der Waals surface area (Å²) in [6.07, 6.45) is -0.198. The minimum Gasteiger partial charge on any atom is -0.496 e. The molecule has 5 rings (SSSR count). The Morgan fingerprint density at radius 3 is 2.70 bits per heavy atom. The first-order chi connectivity index (χ1) is 19.2. The molecule has 1 atom stereocenters. The molecule has 0 aliphatic heterocycles. The number of nitro benzene ring substituents is 1. The minimum atomic E-state index is -1.39. The van der Waals surface area contributed by atoms with Gasteiger partial charge in [-0.2, -0.15) is 9.78 Å². The molecule has 0 saturated carbocycles. The lowest BCUT2D eigenvalue weighted by Crippen LogP contribution is -2.23. The number of hydrogen-bond donors (Lipinski definition) is 1. The zero-order valence-electron chi connectivity index (χ0n) is 20.9. The number of nitrogens with zero attached hydrogens (tertiary/aromatic N) is 4. The van der Waals surface area contributed by atoms with E-state index in [9.17, 15) is 19.7 Å². The number of carboxylic acid groups (broad SMARTS) is 1. The maximum Gasteiger partial charge on any atom is 0.344 e. The summed E-state index contributed by atoms with van der Waals surface area (Å²) < 4.78 is 17.6. The van der Waals surface area contributed by atoms with E-state index in [0.29, 0.717) is 22.2 Å². The molecule has 1 N–H and O–H groups in total. The standard InChI is InChI=1S/C27H19ClN4O8/c1-14(27(34)35)39-24-18(28)10-15(11-20(24)32(36)37)13-29-31-25(30-19-7-4-3-6-16(19)26(31)33)23-12-17-21(38-2)8-5-9-22(17)40-23/h3-14H,1-2H3,(H,34,35)/t14-/m0/s1. The van der Waals surface area contributed by atoms with Crippen molar-refractivity contribution in [1.29, 1.82) is 0 Å². The van der Waals surface area contributed by atoms with Gasteiger partial charge in [0.25, 0.3) is 5.56 Å². The number of carbonyl (C=O) groups is 1. The zero-order valence-corrected chi connectivity index (χ0v) is 21.7. The van der Waals surface area contributed by atoms with Gasteiger partial charge in [0, 0.05) is 11.6 Å². The van der Waals surface area contributed by atoms with Crippen LogP contribution in [-0.2, 0) is 4.79 Å². The molecule has 0 saturated heterocycles. The van der Waals surface area contributed by atoms with Gasteiger partial charge < -0.3 is 19.0 Å². The zero-order chi connectivity index (χ0) is 28.6. The van der Waals surface area contributed by atoms with Crippen LogP contribution >= 0.6 is 11.6 Å². The van der Waals surface area contributed by atoms with Gasteiger partial charge in [-0.3, -0.25) is 14.9 Å². The number of carboxylic acids is 1. The van der Waals surface area contributed by atoms with Gasteiger partial charge >= 0.3 is 11.7 Å². The topological polar surface area (TPSA) is 159 Å². The normalized spacial score (nSPS) is 12.2. The van der Waals surface area contributed by atoms with Gasteiger partial charge in [0.15, 0.2) is 11.9 Å². The number of aromatic nitrogens is 2. The molecule has 13 heteroatoms. The second kappa shape index (κ2) is 10.5. The SMILES string of the molecule is COc1cccc2oc(-c3nc4ccccc4c(=O)n3N=Cc3cc(Cl)c(O[C@@H](C)C(=O)O)c([N+](=O)[O-])c3)cc12. The second-order valence-electron chi connectivity index (χ2n) is 8.50. The number of nitro groups is 1. The average molecular weight is 563 g/mol. The fourth-order valence-electron chi connectivity index (χ4n) is 3.99. The van der Waals surface area contributed by atoms with E-state index in [1.54, 1.807) is 48.5 Å². The smallest absolute Gasteiger partial charge is 0.344 e. The third-order valence-corrected chi connectivity index (χ3v) is 6.20. The molecular weight excluding hydrogens is 544 g/mol. The van der Waals surface area contributed by atoms with E-state index in [1.165, 1.54) is 26.3 Å². The summed E-state index contributed by atoms with van der Waals surface area (Å²) in [4.78, 5) is 40.2. The van der Waals surface area contributed by atoms with Crippen molar-refractivity contribution in [2.24, 2.45) is 5.10 Å². The molecular formula is C27H19ClN4O8. The Kier molecular flexibility index (Phi) is 6.92. The quantitative estimate of drug-likeness (QED) is 0.154. The Balaban J connectivity index is 1.66. The lowest BCUT2D eigenvalue weighted by Gasteiger charge is -2.12. The Morgan fingerprint density at radius 1 is 1.20 bits per heavy atom. The largest absolute Gasteiger partial charge is 0.496 e. The van der Waals surface area contributed by atoms with E-state index in [2.05, 4.69) is 10.1 Å². The molecule has 12 nitrogen and oxygen atoms in total. The van der Waals surface area contributed by atoms with Crippen molar-refractivity contribution >= 4 is 51.3 Å². The molecule has 5 aromatic rings. The number of aliphatic carboxylic acids is 1. The molecule has 0 aliphatic rings. The van der Waals surface area contributed by atoms with Crippen molar-refractivity contribution in [3.8, 4) is 23.1 Å². The molecule has 0 bridgehead atoms. The molecule has 0 amide bonds. The van der Waals surface area contributed by atoms with Crippen molar-refractivity contribution in [2.45, 2.75) is 13.0 Å². The monoisotopic (exact) mass is 562 g/mol. The highest BCUT2D eigenvalue weighted by molar-refractivity contribution is 6.32. The number of fused-ring (bicyclic) bond motifs is 2. The highest BCUT2D eigenvalue weighted by atomic mass is 35.5. The Hall–Kier alpha value is -5.23. The molecule has 2 heterocycles. The number of furan rings is 1. The van der Waals surface area contributed by atoms with Crippen LogP contribution in [0.25, 0.3) is 33.5 Å². The third kappa shape index (κ3) is 4.83. The van der Waals surface area contributed by atoms with Crippen LogP contribution in [0, 0.1) is 10.1 Å². The lowest BCUT2D eigenvalue weighted by molar-refractivity contribution is -0.386. The van der Waals surface area contributed by atoms with E-state index in [1.807, 2.05) is 0 Å². The van der Waals surface area contributed by atoms with Crippen molar-refractivity contribution in [3.63, 3.8) is 0 Å². The van der Waals surface area contributed by atoms with Gasteiger partial charge in [0.05, 0.1) is 39.6 Å². The number of methoxy groups -OCH3 is 1. The molecule has 3 aromatic carbocycles. The summed E-state index contributed by atoms with van der Waals surface area (Å²) in [5.41, 5.74) is -0.0324. The van der Waals surface area contributed by atoms with Gasteiger partial charge in [-0.1, -0.05) is 29.8 Å². The van der Waals surface area contributed by atoms with E-state index in [4.69, 9.17) is 30.6 Å². The van der Waals surface area contributed by atoms with Crippen molar-refractivity contribution in [3.05, 3.63) is 91.7 Å². The summed E-state index contributed by atoms with van der Waals surface area (Å²) >= 11 is 6.23. The Morgan fingerprint density at radius 2 is 1.98 bits per heavy atom. The van der Waals surface area contributed by atoms with Crippen LogP contribution in [0.2, 0.25) is 5.02 Å². The number of ether oxygens (including phenoxy) is 2. The molecule has 40 heavy (non-hydrogen) atoms. The summed E-state index contributed by atoms with van der Waals surface area (Å²) in [5, 5.41) is 25.8. The summed E-state index contributed by atoms with van der Waals surface area (Å²) in [6, 6.07) is 16.0. The lowest BCUT2D eigenvalue weighted by atomic mass is 10.2. The summed E-state index contributed by atoms with van der Waals surface area (Å²) in [5.74, 6) is -0.855. The van der Waals surface area contributed by atoms with Gasteiger partial charge in [-0.05, 0) is 43.3 Å². The van der Waals surface area contributed by atoms with Gasteiger partial charge in [-0.15, -0.1) is 0 Å². The average Bonchev–Trinajstić information content (AvgIpc) is 3.38. The maximum atomic E-state index is 13.5. The van der Waals surface area contributed by atoms with Crippen molar-refractivity contribution < 1.29 is 28.7 Å². The van der Waals surface area contributed by atoms with Crippen LogP contribution in [0.15, 0.2) is 75.0 Å². The first-order valence-electron chi connectivity index (χ1n) is 11.7. The van der Waals surface area contributed by atoms with E-state index in [-0.39, 0.29) is 27.6 Å². The molecule has 0 aliphatic carbocycles. The van der Waals surface area contributed by atoms with E-state index >= 15 is 0 Å². The fourth-order valence-corrected chi connectivity index (χ4v) is 4.26. The van der Waals surface area contributed by atoms with Crippen LogP contribution in [0.4, 0.5) is 5.69 Å². The minimum absolute atomic E-state index is 0.0778. The summed E-state index contributed by atoms with van der Waals surface area (Å²) in [6.45, 7) is 1.21. The molecule has 0 radical (unpaired) electrons. The highest BCUT2D eigenvalue weighted by Crippen LogP contribution is 2.37. The first-order valence-corrected chi connectivity index (χ1v) is 12.1. The fraction of sp³-hybridized carbons (Fsp3) is 0.111. The van der Waals surface area contributed by atoms with Gasteiger partial charge in [0.1, 0.15) is 11.3 Å². The number of rotatable bonds is 8. The Bertz CT molecular complexity index is 1900. The molecule has 0 spiro atoms. The van der Waals surface area contributed by atoms with E-state index < -0.39 is 34.0 Å². The number of benzene rings is 3.